The number of thiazole rings is 1. The average molecular weight is 212 g/mol. The quantitative estimate of drug-likeness (QED) is 0.758. The maximum Gasteiger partial charge on any atom is 0.367 e. The average Bonchev–Trinajstić information content (AvgIpc) is 2.61. The summed E-state index contributed by atoms with van der Waals surface area (Å²) in [6.07, 6.45) is 2.12. The van der Waals surface area contributed by atoms with Crippen LogP contribution >= 0.6 is 11.3 Å². The number of aromatic nitrogens is 1. The van der Waals surface area contributed by atoms with Crippen LogP contribution in [0.4, 0.5) is 5.82 Å². The van der Waals surface area contributed by atoms with Crippen LogP contribution in [-0.2, 0) is 11.2 Å². The molecule has 0 saturated heterocycles. The molecule has 0 amide bonds. The number of ether oxygens (including phenoxy) is 1. The lowest BCUT2D eigenvalue weighted by Crippen LogP contribution is -2.10. The molecule has 0 aliphatic carbocycles. The Morgan fingerprint density at radius 3 is 3.29 bits per heavy atom. The molecule has 4 nitrogen and oxygen atoms in total. The molecule has 76 valence electrons. The zero-order chi connectivity index (χ0) is 9.97. The number of carbonyl (C=O) groups excluding carboxylic acids is 1. The summed E-state index contributed by atoms with van der Waals surface area (Å²) >= 11 is 1.44. The summed E-state index contributed by atoms with van der Waals surface area (Å²) in [5, 5.41) is 3.64. The molecule has 1 aromatic heterocycles. The fourth-order valence-corrected chi connectivity index (χ4v) is 2.37. The van der Waals surface area contributed by atoms with Crippen molar-refractivity contribution in [3.05, 3.63) is 9.88 Å². The van der Waals surface area contributed by atoms with Gasteiger partial charge in [0.1, 0.15) is 5.82 Å². The maximum atomic E-state index is 11.4. The van der Waals surface area contributed by atoms with E-state index in [-0.39, 0.29) is 5.97 Å². The highest BCUT2D eigenvalue weighted by Gasteiger charge is 2.19. The Kier molecular flexibility index (Phi) is 2.67. The van der Waals surface area contributed by atoms with Crippen molar-refractivity contribution in [3.8, 4) is 0 Å². The molecule has 0 saturated carbocycles. The number of esters is 1. The summed E-state index contributed by atoms with van der Waals surface area (Å²) in [5.74, 6) is 0.554. The highest BCUT2D eigenvalue weighted by atomic mass is 32.1. The van der Waals surface area contributed by atoms with Gasteiger partial charge in [-0.25, -0.2) is 9.78 Å². The van der Waals surface area contributed by atoms with Gasteiger partial charge in [-0.1, -0.05) is 0 Å². The van der Waals surface area contributed by atoms with E-state index in [9.17, 15) is 4.79 Å². The lowest BCUT2D eigenvalue weighted by atomic mass is 10.2. The highest BCUT2D eigenvalue weighted by molar-refractivity contribution is 7.14. The number of carbonyl (C=O) groups is 1. The van der Waals surface area contributed by atoms with Crippen molar-refractivity contribution in [2.45, 2.75) is 19.8 Å². The van der Waals surface area contributed by atoms with E-state index in [0.717, 1.165) is 25.2 Å². The van der Waals surface area contributed by atoms with Gasteiger partial charge in [0.15, 0.2) is 0 Å². The molecule has 2 heterocycles. The van der Waals surface area contributed by atoms with Crippen molar-refractivity contribution in [2.75, 3.05) is 18.5 Å². The van der Waals surface area contributed by atoms with Crippen LogP contribution in [0.5, 0.6) is 0 Å². The summed E-state index contributed by atoms with van der Waals surface area (Å²) in [6, 6.07) is 0. The second kappa shape index (κ2) is 3.96. The molecule has 2 rings (SSSR count). The van der Waals surface area contributed by atoms with E-state index in [1.54, 1.807) is 6.92 Å². The number of aryl methyl sites for hydroxylation is 1. The van der Waals surface area contributed by atoms with Gasteiger partial charge in [-0.15, -0.1) is 11.3 Å². The minimum absolute atomic E-state index is 0.311. The third-order valence-electron chi connectivity index (χ3n) is 2.02. The molecule has 14 heavy (non-hydrogen) atoms. The topological polar surface area (TPSA) is 51.2 Å². The van der Waals surface area contributed by atoms with Crippen LogP contribution in [-0.4, -0.2) is 24.1 Å². The van der Waals surface area contributed by atoms with E-state index < -0.39 is 0 Å². The van der Waals surface area contributed by atoms with Crippen LogP contribution in [0.3, 0.4) is 0 Å². The molecular formula is C9H12N2O2S. The molecule has 1 aliphatic heterocycles. The van der Waals surface area contributed by atoms with Crippen LogP contribution in [0.15, 0.2) is 0 Å². The molecule has 1 aliphatic rings. The molecule has 0 atom stereocenters. The number of rotatable bonds is 2. The molecule has 1 aromatic rings. The monoisotopic (exact) mass is 212 g/mol. The SMILES string of the molecule is CCOC(=O)c1nc2c(s1)CCCN2. The Bertz CT molecular complexity index is 325. The number of hydrogen-bond acceptors (Lipinski definition) is 5. The van der Waals surface area contributed by atoms with Gasteiger partial charge in [0, 0.05) is 11.4 Å². The predicted molar refractivity (Wildman–Crippen MR) is 54.9 cm³/mol. The van der Waals surface area contributed by atoms with Crippen molar-refractivity contribution in [1.29, 1.82) is 0 Å². The van der Waals surface area contributed by atoms with Gasteiger partial charge < -0.3 is 10.1 Å². The molecule has 0 spiro atoms. The van der Waals surface area contributed by atoms with Crippen molar-refractivity contribution < 1.29 is 9.53 Å². The highest BCUT2D eigenvalue weighted by Crippen LogP contribution is 2.27. The van der Waals surface area contributed by atoms with E-state index >= 15 is 0 Å². The smallest absolute Gasteiger partial charge is 0.367 e. The molecular weight excluding hydrogens is 200 g/mol. The standard InChI is InChI=1S/C9H12N2O2S/c1-2-13-9(12)8-11-7-6(14-8)4-3-5-10-7/h10H,2-5H2,1H3. The molecule has 1 N–H and O–H groups in total. The zero-order valence-corrected chi connectivity index (χ0v) is 8.82. The van der Waals surface area contributed by atoms with Gasteiger partial charge in [-0.3, -0.25) is 0 Å². The van der Waals surface area contributed by atoms with Crippen molar-refractivity contribution in [1.82, 2.24) is 4.98 Å². The summed E-state index contributed by atoms with van der Waals surface area (Å²) in [7, 11) is 0. The molecule has 0 fully saturated rings. The van der Waals surface area contributed by atoms with E-state index in [4.69, 9.17) is 4.74 Å². The Labute approximate surface area is 86.3 Å². The predicted octanol–water partition coefficient (Wildman–Crippen LogP) is 1.68. The maximum absolute atomic E-state index is 11.4. The molecule has 0 radical (unpaired) electrons. The van der Waals surface area contributed by atoms with E-state index in [0.29, 0.717) is 11.6 Å². The first kappa shape index (κ1) is 9.45. The Hall–Kier alpha value is -1.10. The minimum Gasteiger partial charge on any atom is -0.461 e. The fraction of sp³-hybridized carbons (Fsp3) is 0.556. The Morgan fingerprint density at radius 1 is 1.71 bits per heavy atom. The van der Waals surface area contributed by atoms with E-state index in [2.05, 4.69) is 10.3 Å². The molecule has 0 bridgehead atoms. The van der Waals surface area contributed by atoms with Crippen LogP contribution in [0.2, 0.25) is 0 Å². The molecule has 0 aromatic carbocycles. The van der Waals surface area contributed by atoms with Gasteiger partial charge in [-0.05, 0) is 19.8 Å². The van der Waals surface area contributed by atoms with Crippen molar-refractivity contribution >= 4 is 23.1 Å². The molecule has 0 unspecified atom stereocenters. The first-order valence-electron chi connectivity index (χ1n) is 4.72. The third-order valence-corrected chi connectivity index (χ3v) is 3.12. The van der Waals surface area contributed by atoms with Gasteiger partial charge in [0.2, 0.25) is 5.01 Å². The lowest BCUT2D eigenvalue weighted by molar-refractivity contribution is 0.0526. The summed E-state index contributed by atoms with van der Waals surface area (Å²) < 4.78 is 4.89. The summed E-state index contributed by atoms with van der Waals surface area (Å²) in [5.41, 5.74) is 0. The first-order valence-corrected chi connectivity index (χ1v) is 5.53. The first-order chi connectivity index (χ1) is 6.81. The normalized spacial score (nSPS) is 14.4. The van der Waals surface area contributed by atoms with E-state index in [1.807, 2.05) is 0 Å². The summed E-state index contributed by atoms with van der Waals surface area (Å²) in [6.45, 7) is 3.14. The zero-order valence-electron chi connectivity index (χ0n) is 8.00. The van der Waals surface area contributed by atoms with Crippen LogP contribution in [0.1, 0.15) is 28.0 Å². The van der Waals surface area contributed by atoms with Gasteiger partial charge in [-0.2, -0.15) is 0 Å². The summed E-state index contributed by atoms with van der Waals surface area (Å²) in [4.78, 5) is 16.7. The number of nitrogens with one attached hydrogen (secondary N) is 1. The van der Waals surface area contributed by atoms with Crippen molar-refractivity contribution in [3.63, 3.8) is 0 Å². The van der Waals surface area contributed by atoms with Gasteiger partial charge in [0.05, 0.1) is 6.61 Å². The fourth-order valence-electron chi connectivity index (χ4n) is 1.40. The second-order valence-corrected chi connectivity index (χ2v) is 4.13. The number of anilines is 1. The lowest BCUT2D eigenvalue weighted by Gasteiger charge is -2.10. The van der Waals surface area contributed by atoms with Crippen LogP contribution in [0, 0.1) is 0 Å². The largest absolute Gasteiger partial charge is 0.461 e. The van der Waals surface area contributed by atoms with Crippen molar-refractivity contribution in [2.24, 2.45) is 0 Å². The number of fused-ring (bicyclic) bond motifs is 1. The molecule has 5 heteroatoms. The van der Waals surface area contributed by atoms with Gasteiger partial charge >= 0.3 is 5.97 Å². The van der Waals surface area contributed by atoms with Crippen LogP contribution < -0.4 is 5.32 Å². The minimum atomic E-state index is -0.311. The second-order valence-electron chi connectivity index (χ2n) is 3.04. The number of nitrogens with zero attached hydrogens (tertiary/aromatic N) is 1. The third kappa shape index (κ3) is 1.72. The number of hydrogen-bond donors (Lipinski definition) is 1. The Morgan fingerprint density at radius 2 is 2.57 bits per heavy atom. The van der Waals surface area contributed by atoms with Crippen LogP contribution in [0.25, 0.3) is 0 Å². The van der Waals surface area contributed by atoms with E-state index in [1.165, 1.54) is 16.2 Å². The Balaban J connectivity index is 2.19. The van der Waals surface area contributed by atoms with Gasteiger partial charge in [0.25, 0.3) is 0 Å².